The van der Waals surface area contributed by atoms with Crippen molar-refractivity contribution in [2.75, 3.05) is 6.54 Å². The van der Waals surface area contributed by atoms with E-state index in [-0.39, 0.29) is 5.91 Å². The molecule has 1 fully saturated rings. The van der Waals surface area contributed by atoms with Gasteiger partial charge in [-0.1, -0.05) is 26.7 Å². The van der Waals surface area contributed by atoms with Crippen molar-refractivity contribution in [2.24, 2.45) is 5.92 Å². The van der Waals surface area contributed by atoms with Crippen molar-refractivity contribution in [1.82, 2.24) is 4.90 Å². The highest BCUT2D eigenvalue weighted by Gasteiger charge is 2.33. The number of carboxylic acid groups (broad SMARTS) is 1. The summed E-state index contributed by atoms with van der Waals surface area (Å²) in [5.74, 6) is -0.507. The molecule has 0 aliphatic carbocycles. The third kappa shape index (κ3) is 3.22. The summed E-state index contributed by atoms with van der Waals surface area (Å²) in [5.41, 5.74) is 0. The van der Waals surface area contributed by atoms with Crippen LogP contribution in [0, 0.1) is 5.92 Å². The van der Waals surface area contributed by atoms with Crippen LogP contribution in [0.1, 0.15) is 46.0 Å². The van der Waals surface area contributed by atoms with E-state index in [1.54, 1.807) is 0 Å². The van der Waals surface area contributed by atoms with Crippen LogP contribution >= 0.6 is 0 Å². The quantitative estimate of drug-likeness (QED) is 0.780. The van der Waals surface area contributed by atoms with Crippen molar-refractivity contribution in [3.05, 3.63) is 0 Å². The van der Waals surface area contributed by atoms with Gasteiger partial charge >= 0.3 is 5.97 Å². The number of carboxylic acids is 1. The first-order valence-electron chi connectivity index (χ1n) is 6.08. The Morgan fingerprint density at radius 1 is 1.50 bits per heavy atom. The van der Waals surface area contributed by atoms with Gasteiger partial charge in [0.25, 0.3) is 0 Å². The van der Waals surface area contributed by atoms with Crippen molar-refractivity contribution in [3.8, 4) is 0 Å². The zero-order chi connectivity index (χ0) is 12.1. The fourth-order valence-electron chi connectivity index (χ4n) is 2.33. The van der Waals surface area contributed by atoms with Crippen LogP contribution in [-0.4, -0.2) is 34.5 Å². The number of rotatable bonds is 5. The molecule has 4 nitrogen and oxygen atoms in total. The van der Waals surface area contributed by atoms with E-state index in [2.05, 4.69) is 6.92 Å². The molecule has 92 valence electrons. The largest absolute Gasteiger partial charge is 0.480 e. The van der Waals surface area contributed by atoms with Gasteiger partial charge < -0.3 is 10.0 Å². The molecule has 16 heavy (non-hydrogen) atoms. The second kappa shape index (κ2) is 5.87. The van der Waals surface area contributed by atoms with Crippen LogP contribution in [0.15, 0.2) is 0 Å². The Hall–Kier alpha value is -1.06. The molecule has 1 aliphatic heterocycles. The Labute approximate surface area is 96.6 Å². The molecular weight excluding hydrogens is 206 g/mol. The normalized spacial score (nSPS) is 22.1. The zero-order valence-corrected chi connectivity index (χ0v) is 10.1. The third-order valence-electron chi connectivity index (χ3n) is 3.16. The first-order chi connectivity index (χ1) is 7.56. The van der Waals surface area contributed by atoms with Gasteiger partial charge in [0.1, 0.15) is 6.04 Å². The number of aliphatic carboxylic acids is 1. The minimum atomic E-state index is -0.867. The minimum Gasteiger partial charge on any atom is -0.480 e. The van der Waals surface area contributed by atoms with Gasteiger partial charge in [0.15, 0.2) is 0 Å². The number of hydrogen-bond acceptors (Lipinski definition) is 2. The van der Waals surface area contributed by atoms with E-state index in [0.29, 0.717) is 25.3 Å². The van der Waals surface area contributed by atoms with Crippen molar-refractivity contribution in [2.45, 2.75) is 52.0 Å². The predicted molar refractivity (Wildman–Crippen MR) is 61.1 cm³/mol. The number of amides is 1. The van der Waals surface area contributed by atoms with Crippen molar-refractivity contribution in [1.29, 1.82) is 0 Å². The number of hydrogen-bond donors (Lipinski definition) is 1. The highest BCUT2D eigenvalue weighted by molar-refractivity contribution is 5.84. The number of carbonyl (C=O) groups excluding carboxylic acids is 1. The fourth-order valence-corrected chi connectivity index (χ4v) is 2.33. The molecular formula is C12H21NO3. The maximum absolute atomic E-state index is 11.9. The van der Waals surface area contributed by atoms with E-state index in [4.69, 9.17) is 5.11 Å². The molecule has 0 radical (unpaired) electrons. The van der Waals surface area contributed by atoms with E-state index in [0.717, 1.165) is 19.3 Å². The lowest BCUT2D eigenvalue weighted by atomic mass is 10.0. The molecule has 1 aliphatic rings. The van der Waals surface area contributed by atoms with Crippen LogP contribution in [0.2, 0.25) is 0 Å². The second-order valence-electron chi connectivity index (χ2n) is 4.68. The van der Waals surface area contributed by atoms with Crippen LogP contribution in [0.3, 0.4) is 0 Å². The molecule has 1 unspecified atom stereocenters. The molecule has 1 rings (SSSR count). The average molecular weight is 227 g/mol. The molecule has 0 aromatic heterocycles. The lowest BCUT2D eigenvalue weighted by molar-refractivity contribution is -0.148. The van der Waals surface area contributed by atoms with Crippen molar-refractivity contribution >= 4 is 11.9 Å². The molecule has 1 saturated heterocycles. The molecule has 0 saturated carbocycles. The first-order valence-corrected chi connectivity index (χ1v) is 6.08. The lowest BCUT2D eigenvalue weighted by Gasteiger charge is -2.23. The molecule has 1 amide bonds. The van der Waals surface area contributed by atoms with E-state index in [9.17, 15) is 9.59 Å². The summed E-state index contributed by atoms with van der Waals surface area (Å²) in [7, 11) is 0. The molecule has 1 heterocycles. The smallest absolute Gasteiger partial charge is 0.326 e. The van der Waals surface area contributed by atoms with Crippen LogP contribution in [0.4, 0.5) is 0 Å². The highest BCUT2D eigenvalue weighted by Crippen LogP contribution is 2.21. The zero-order valence-electron chi connectivity index (χ0n) is 10.1. The summed E-state index contributed by atoms with van der Waals surface area (Å²) in [6.07, 6.45) is 3.99. The Balaban J connectivity index is 2.49. The molecule has 0 aromatic carbocycles. The summed E-state index contributed by atoms with van der Waals surface area (Å²) in [6, 6.07) is -0.582. The SMILES string of the molecule is CCCC(C)CC(=O)N1CCC[C@H]1C(=O)O. The van der Waals surface area contributed by atoms with Gasteiger partial charge in [-0.2, -0.15) is 0 Å². The molecule has 0 bridgehead atoms. The monoisotopic (exact) mass is 227 g/mol. The lowest BCUT2D eigenvalue weighted by Crippen LogP contribution is -2.40. The molecule has 1 N–H and O–H groups in total. The van der Waals surface area contributed by atoms with Gasteiger partial charge in [0, 0.05) is 13.0 Å². The Morgan fingerprint density at radius 3 is 2.75 bits per heavy atom. The third-order valence-corrected chi connectivity index (χ3v) is 3.16. The van der Waals surface area contributed by atoms with Crippen LogP contribution in [0.5, 0.6) is 0 Å². The second-order valence-corrected chi connectivity index (χ2v) is 4.68. The van der Waals surface area contributed by atoms with Gasteiger partial charge in [-0.3, -0.25) is 4.79 Å². The van der Waals surface area contributed by atoms with Crippen molar-refractivity contribution in [3.63, 3.8) is 0 Å². The van der Waals surface area contributed by atoms with Gasteiger partial charge in [-0.25, -0.2) is 4.79 Å². The minimum absolute atomic E-state index is 0.00542. The Kier molecular flexibility index (Phi) is 4.77. The molecule has 4 heteroatoms. The van der Waals surface area contributed by atoms with Gasteiger partial charge in [-0.15, -0.1) is 0 Å². The molecule has 2 atom stereocenters. The maximum atomic E-state index is 11.9. The van der Waals surface area contributed by atoms with Crippen LogP contribution < -0.4 is 0 Å². The summed E-state index contributed by atoms with van der Waals surface area (Å²) >= 11 is 0. The van der Waals surface area contributed by atoms with Gasteiger partial charge in [-0.05, 0) is 18.8 Å². The summed E-state index contributed by atoms with van der Waals surface area (Å²) in [5, 5.41) is 8.98. The summed E-state index contributed by atoms with van der Waals surface area (Å²) < 4.78 is 0. The number of likely N-dealkylation sites (tertiary alicyclic amines) is 1. The number of carbonyl (C=O) groups is 2. The maximum Gasteiger partial charge on any atom is 0.326 e. The molecule has 0 spiro atoms. The Morgan fingerprint density at radius 2 is 2.19 bits per heavy atom. The van der Waals surface area contributed by atoms with E-state index in [1.807, 2.05) is 6.92 Å². The summed E-state index contributed by atoms with van der Waals surface area (Å²) in [4.78, 5) is 24.4. The van der Waals surface area contributed by atoms with Gasteiger partial charge in [0.2, 0.25) is 5.91 Å². The summed E-state index contributed by atoms with van der Waals surface area (Å²) in [6.45, 7) is 4.75. The van der Waals surface area contributed by atoms with Crippen molar-refractivity contribution < 1.29 is 14.7 Å². The predicted octanol–water partition coefficient (Wildman–Crippen LogP) is 1.89. The number of nitrogens with zero attached hydrogens (tertiary/aromatic N) is 1. The van der Waals surface area contributed by atoms with Crippen LogP contribution in [-0.2, 0) is 9.59 Å². The topological polar surface area (TPSA) is 57.6 Å². The van der Waals surface area contributed by atoms with Gasteiger partial charge in [0.05, 0.1) is 0 Å². The highest BCUT2D eigenvalue weighted by atomic mass is 16.4. The standard InChI is InChI=1S/C12H21NO3/c1-3-5-9(2)8-11(14)13-7-4-6-10(13)12(15)16/h9-10H,3-8H2,1-2H3,(H,15,16)/t9?,10-/m0/s1. The molecule has 0 aromatic rings. The van der Waals surface area contributed by atoms with E-state index >= 15 is 0 Å². The average Bonchev–Trinajstić information content (AvgIpc) is 2.65. The van der Waals surface area contributed by atoms with Crippen LogP contribution in [0.25, 0.3) is 0 Å². The first kappa shape index (κ1) is 13.0. The van der Waals surface area contributed by atoms with E-state index in [1.165, 1.54) is 4.90 Å². The Bertz CT molecular complexity index is 265. The fraction of sp³-hybridized carbons (Fsp3) is 0.833. The van der Waals surface area contributed by atoms with E-state index < -0.39 is 12.0 Å².